The summed E-state index contributed by atoms with van der Waals surface area (Å²) in [7, 11) is 0. The first-order valence-corrected chi connectivity index (χ1v) is 6.98. The number of rotatable bonds is 4. The second-order valence-corrected chi connectivity index (χ2v) is 5.42. The van der Waals surface area contributed by atoms with Gasteiger partial charge in [0.2, 0.25) is 0 Å². The summed E-state index contributed by atoms with van der Waals surface area (Å²) in [5.41, 5.74) is 0.825. The average molecular weight is 294 g/mol. The maximum atomic E-state index is 12.9. The molecule has 0 saturated carbocycles. The summed E-state index contributed by atoms with van der Waals surface area (Å²) in [6, 6.07) is 5.55. The lowest BCUT2D eigenvalue weighted by atomic mass is 10.1. The normalized spacial score (nSPS) is 19.3. The summed E-state index contributed by atoms with van der Waals surface area (Å²) in [5.74, 6) is -1.12. The van der Waals surface area contributed by atoms with Crippen molar-refractivity contribution in [3.8, 4) is 0 Å². The zero-order valence-corrected chi connectivity index (χ0v) is 11.9. The minimum absolute atomic E-state index is 0.0226. The highest BCUT2D eigenvalue weighted by Crippen LogP contribution is 2.20. The fourth-order valence-corrected chi connectivity index (χ4v) is 2.54. The number of likely N-dealkylation sites (tertiary alicyclic amines) is 1. The van der Waals surface area contributed by atoms with Crippen molar-refractivity contribution in [1.29, 1.82) is 0 Å². The van der Waals surface area contributed by atoms with E-state index in [1.807, 2.05) is 6.92 Å². The first-order valence-electron chi connectivity index (χ1n) is 6.98. The van der Waals surface area contributed by atoms with Crippen molar-refractivity contribution in [3.05, 3.63) is 35.6 Å². The molecule has 5 nitrogen and oxygen atoms in total. The topological polar surface area (TPSA) is 69.6 Å². The Hall–Kier alpha value is -2.11. The molecule has 1 aliphatic rings. The molecule has 0 radical (unpaired) electrons. The van der Waals surface area contributed by atoms with Gasteiger partial charge in [-0.1, -0.05) is 12.1 Å². The summed E-state index contributed by atoms with van der Waals surface area (Å²) >= 11 is 0. The first-order chi connectivity index (χ1) is 9.95. The summed E-state index contributed by atoms with van der Waals surface area (Å²) in [6.45, 7) is 2.87. The predicted molar refractivity (Wildman–Crippen MR) is 75.3 cm³/mol. The number of amides is 2. The molecule has 0 aromatic heterocycles. The van der Waals surface area contributed by atoms with E-state index in [1.165, 1.54) is 12.1 Å². The van der Waals surface area contributed by atoms with Gasteiger partial charge in [-0.25, -0.2) is 9.18 Å². The summed E-state index contributed by atoms with van der Waals surface area (Å²) in [5, 5.41) is 11.6. The van der Waals surface area contributed by atoms with Crippen LogP contribution in [0.25, 0.3) is 0 Å². The summed E-state index contributed by atoms with van der Waals surface area (Å²) < 4.78 is 12.9. The van der Waals surface area contributed by atoms with Crippen LogP contribution in [0.4, 0.5) is 9.18 Å². The molecule has 1 aliphatic heterocycles. The van der Waals surface area contributed by atoms with Crippen LogP contribution in [0.3, 0.4) is 0 Å². The highest BCUT2D eigenvalue weighted by molar-refractivity contribution is 5.75. The van der Waals surface area contributed by atoms with E-state index >= 15 is 0 Å². The molecule has 2 N–H and O–H groups in total. The SMILES string of the molecule is CC(NC(=O)N1CCC(CC(=O)O)C1)c1ccc(F)cc1. The van der Waals surface area contributed by atoms with E-state index in [1.54, 1.807) is 17.0 Å². The van der Waals surface area contributed by atoms with E-state index in [2.05, 4.69) is 5.32 Å². The smallest absolute Gasteiger partial charge is 0.317 e. The molecule has 1 heterocycles. The molecular formula is C15H19FN2O3. The molecule has 2 atom stereocenters. The Balaban J connectivity index is 1.87. The molecule has 0 spiro atoms. The van der Waals surface area contributed by atoms with Crippen molar-refractivity contribution < 1.29 is 19.1 Å². The number of carbonyl (C=O) groups excluding carboxylic acids is 1. The molecule has 2 unspecified atom stereocenters. The van der Waals surface area contributed by atoms with E-state index in [0.29, 0.717) is 19.5 Å². The van der Waals surface area contributed by atoms with Crippen molar-refractivity contribution in [2.45, 2.75) is 25.8 Å². The highest BCUT2D eigenvalue weighted by atomic mass is 19.1. The standard InChI is InChI=1S/C15H19FN2O3/c1-10(12-2-4-13(16)5-3-12)17-15(21)18-7-6-11(9-18)8-14(19)20/h2-5,10-11H,6-9H2,1H3,(H,17,21)(H,19,20). The van der Waals surface area contributed by atoms with Crippen molar-refractivity contribution in [1.82, 2.24) is 10.2 Å². The molecule has 0 bridgehead atoms. The van der Waals surface area contributed by atoms with Crippen molar-refractivity contribution in [3.63, 3.8) is 0 Å². The average Bonchev–Trinajstić information content (AvgIpc) is 2.87. The van der Waals surface area contributed by atoms with Gasteiger partial charge in [0.15, 0.2) is 0 Å². The van der Waals surface area contributed by atoms with Crippen LogP contribution in [0.1, 0.15) is 31.4 Å². The molecule has 1 fully saturated rings. The molecule has 2 amide bonds. The second kappa shape index (κ2) is 6.56. The Bertz CT molecular complexity index is 518. The van der Waals surface area contributed by atoms with Crippen LogP contribution in [0.2, 0.25) is 0 Å². The van der Waals surface area contributed by atoms with Crippen molar-refractivity contribution in [2.75, 3.05) is 13.1 Å². The van der Waals surface area contributed by atoms with Gasteiger partial charge in [-0.15, -0.1) is 0 Å². The van der Waals surface area contributed by atoms with E-state index in [9.17, 15) is 14.0 Å². The fraction of sp³-hybridized carbons (Fsp3) is 0.467. The number of carbonyl (C=O) groups is 2. The van der Waals surface area contributed by atoms with E-state index < -0.39 is 5.97 Å². The number of urea groups is 1. The van der Waals surface area contributed by atoms with Gasteiger partial charge in [0, 0.05) is 19.5 Å². The van der Waals surface area contributed by atoms with Gasteiger partial charge in [-0.3, -0.25) is 4.79 Å². The van der Waals surface area contributed by atoms with Crippen LogP contribution in [-0.4, -0.2) is 35.1 Å². The number of aliphatic carboxylic acids is 1. The molecule has 1 aromatic rings. The number of nitrogens with one attached hydrogen (secondary N) is 1. The van der Waals surface area contributed by atoms with Crippen LogP contribution in [0.15, 0.2) is 24.3 Å². The number of nitrogens with zero attached hydrogens (tertiary/aromatic N) is 1. The largest absolute Gasteiger partial charge is 0.481 e. The lowest BCUT2D eigenvalue weighted by Crippen LogP contribution is -2.39. The number of benzene rings is 1. The third kappa shape index (κ3) is 4.18. The number of hydrogen-bond donors (Lipinski definition) is 2. The van der Waals surface area contributed by atoms with Crippen LogP contribution in [0, 0.1) is 11.7 Å². The third-order valence-electron chi connectivity index (χ3n) is 3.75. The first kappa shape index (κ1) is 15.3. The predicted octanol–water partition coefficient (Wildman–Crippen LogP) is 2.39. The van der Waals surface area contributed by atoms with E-state index in [-0.39, 0.29) is 30.2 Å². The minimum atomic E-state index is -0.832. The molecule has 2 rings (SSSR count). The Morgan fingerprint density at radius 3 is 2.71 bits per heavy atom. The fourth-order valence-electron chi connectivity index (χ4n) is 2.54. The van der Waals surface area contributed by atoms with Crippen molar-refractivity contribution >= 4 is 12.0 Å². The van der Waals surface area contributed by atoms with Gasteiger partial charge in [-0.05, 0) is 37.0 Å². The number of halogens is 1. The minimum Gasteiger partial charge on any atom is -0.481 e. The second-order valence-electron chi connectivity index (χ2n) is 5.42. The van der Waals surface area contributed by atoms with Crippen LogP contribution in [-0.2, 0) is 4.79 Å². The third-order valence-corrected chi connectivity index (χ3v) is 3.75. The number of hydrogen-bond acceptors (Lipinski definition) is 2. The summed E-state index contributed by atoms with van der Waals surface area (Å²) in [6.07, 6.45) is 0.807. The van der Waals surface area contributed by atoms with Gasteiger partial charge in [0.05, 0.1) is 6.04 Å². The Morgan fingerprint density at radius 1 is 1.43 bits per heavy atom. The maximum absolute atomic E-state index is 12.9. The van der Waals surface area contributed by atoms with E-state index in [0.717, 1.165) is 5.56 Å². The highest BCUT2D eigenvalue weighted by Gasteiger charge is 2.28. The van der Waals surface area contributed by atoms with Crippen LogP contribution in [0.5, 0.6) is 0 Å². The lowest BCUT2D eigenvalue weighted by molar-refractivity contribution is -0.138. The molecule has 0 aliphatic carbocycles. The number of carboxylic acids is 1. The zero-order valence-electron chi connectivity index (χ0n) is 11.9. The van der Waals surface area contributed by atoms with Gasteiger partial charge >= 0.3 is 12.0 Å². The quantitative estimate of drug-likeness (QED) is 0.896. The van der Waals surface area contributed by atoms with Gasteiger partial charge in [0.25, 0.3) is 0 Å². The molecule has 6 heteroatoms. The van der Waals surface area contributed by atoms with Gasteiger partial charge < -0.3 is 15.3 Å². The molecule has 21 heavy (non-hydrogen) atoms. The molecule has 1 saturated heterocycles. The van der Waals surface area contributed by atoms with E-state index in [4.69, 9.17) is 5.11 Å². The Kier molecular flexibility index (Phi) is 4.77. The lowest BCUT2D eigenvalue weighted by Gasteiger charge is -2.21. The molecule has 114 valence electrons. The summed E-state index contributed by atoms with van der Waals surface area (Å²) in [4.78, 5) is 24.4. The Labute approximate surface area is 122 Å². The zero-order chi connectivity index (χ0) is 15.4. The van der Waals surface area contributed by atoms with Crippen molar-refractivity contribution in [2.24, 2.45) is 5.92 Å². The van der Waals surface area contributed by atoms with Crippen LogP contribution >= 0.6 is 0 Å². The monoisotopic (exact) mass is 294 g/mol. The maximum Gasteiger partial charge on any atom is 0.317 e. The molecule has 1 aromatic carbocycles. The number of carboxylic acid groups (broad SMARTS) is 1. The Morgan fingerprint density at radius 2 is 2.10 bits per heavy atom. The molecular weight excluding hydrogens is 275 g/mol. The van der Waals surface area contributed by atoms with Gasteiger partial charge in [-0.2, -0.15) is 0 Å². The van der Waals surface area contributed by atoms with Crippen LogP contribution < -0.4 is 5.32 Å². The van der Waals surface area contributed by atoms with Gasteiger partial charge in [0.1, 0.15) is 5.82 Å².